The van der Waals surface area contributed by atoms with Crippen LogP contribution in [-0.2, 0) is 6.54 Å². The van der Waals surface area contributed by atoms with Crippen molar-refractivity contribution in [2.75, 3.05) is 5.32 Å². The molecule has 1 amide bonds. The predicted octanol–water partition coefficient (Wildman–Crippen LogP) is 3.37. The van der Waals surface area contributed by atoms with E-state index in [1.165, 1.54) is 35.0 Å². The monoisotopic (exact) mass is 421 g/mol. The second-order valence-corrected chi connectivity index (χ2v) is 7.61. The number of aryl methyl sites for hydroxylation is 1. The van der Waals surface area contributed by atoms with E-state index in [0.29, 0.717) is 10.2 Å². The van der Waals surface area contributed by atoms with Gasteiger partial charge in [-0.25, -0.2) is 9.67 Å². The maximum Gasteiger partial charge on any atom is 0.277 e. The van der Waals surface area contributed by atoms with Crippen LogP contribution in [0.5, 0.6) is 0 Å². The number of hydrogen-bond acceptors (Lipinski definition) is 7. The van der Waals surface area contributed by atoms with Crippen molar-refractivity contribution in [1.82, 2.24) is 14.8 Å². The fraction of sp³-hybridized carbons (Fsp3) is 0.100. The number of carbonyl (C=O) groups excluding carboxylic acids is 1. The summed E-state index contributed by atoms with van der Waals surface area (Å²) in [6, 6.07) is 14.6. The van der Waals surface area contributed by atoms with E-state index >= 15 is 0 Å². The highest BCUT2D eigenvalue weighted by molar-refractivity contribution is 7.22. The van der Waals surface area contributed by atoms with Gasteiger partial charge in [0, 0.05) is 18.2 Å². The first-order valence-corrected chi connectivity index (χ1v) is 9.71. The molecule has 0 unspecified atom stereocenters. The molecule has 10 heteroatoms. The second-order valence-electron chi connectivity index (χ2n) is 6.58. The Labute approximate surface area is 173 Å². The maximum atomic E-state index is 12.6. The number of thiazole rings is 1. The summed E-state index contributed by atoms with van der Waals surface area (Å²) in [5.41, 5.74) is 2.23. The lowest BCUT2D eigenvalue weighted by Crippen LogP contribution is -2.26. The minimum Gasteiger partial charge on any atom is -0.296 e. The Bertz CT molecular complexity index is 1330. The second kappa shape index (κ2) is 7.84. The van der Waals surface area contributed by atoms with Crippen LogP contribution in [0.3, 0.4) is 0 Å². The Morgan fingerprint density at radius 2 is 1.93 bits per heavy atom. The molecule has 4 rings (SSSR count). The third kappa shape index (κ3) is 4.08. The van der Waals surface area contributed by atoms with E-state index < -0.39 is 10.8 Å². The number of nitro benzene ring substituents is 1. The molecule has 0 fully saturated rings. The summed E-state index contributed by atoms with van der Waals surface area (Å²) in [6.45, 7) is 2.21. The molecule has 0 spiro atoms. The summed E-state index contributed by atoms with van der Waals surface area (Å²) in [7, 11) is 0. The van der Waals surface area contributed by atoms with Crippen molar-refractivity contribution in [2.24, 2.45) is 0 Å². The zero-order chi connectivity index (χ0) is 21.3. The fourth-order valence-corrected chi connectivity index (χ4v) is 3.69. The highest BCUT2D eigenvalue weighted by Gasteiger charge is 2.15. The molecule has 30 heavy (non-hydrogen) atoms. The first-order valence-electron chi connectivity index (χ1n) is 8.89. The molecule has 150 valence electrons. The first kappa shape index (κ1) is 19.4. The number of rotatable bonds is 5. The summed E-state index contributed by atoms with van der Waals surface area (Å²) in [6.07, 6.45) is 0. The minimum atomic E-state index is -0.527. The van der Waals surface area contributed by atoms with E-state index in [1.807, 2.05) is 31.2 Å². The summed E-state index contributed by atoms with van der Waals surface area (Å²) < 4.78 is 1.80. The Morgan fingerprint density at radius 1 is 1.17 bits per heavy atom. The number of non-ortho nitro benzene ring substituents is 1. The summed E-state index contributed by atoms with van der Waals surface area (Å²) >= 11 is 1.12. The number of fused-ring (bicyclic) bond motifs is 1. The van der Waals surface area contributed by atoms with Gasteiger partial charge in [0.2, 0.25) is 0 Å². The quantitative estimate of drug-likeness (QED) is 0.390. The van der Waals surface area contributed by atoms with Crippen molar-refractivity contribution in [3.05, 3.63) is 91.9 Å². The van der Waals surface area contributed by atoms with E-state index in [2.05, 4.69) is 15.4 Å². The van der Waals surface area contributed by atoms with E-state index in [9.17, 15) is 19.7 Å². The third-order valence-corrected chi connectivity index (χ3v) is 5.29. The SMILES string of the molecule is Cc1ccc(Cn2nc(C(=O)Nc3nc4ccc([N+](=O)[O-])cc4s3)ccc2=O)cc1. The lowest BCUT2D eigenvalue weighted by atomic mass is 10.1. The Hall–Kier alpha value is -3.92. The number of hydrogen-bond donors (Lipinski definition) is 1. The molecule has 4 aromatic rings. The molecule has 0 saturated carbocycles. The van der Waals surface area contributed by atoms with Gasteiger partial charge in [0.1, 0.15) is 5.69 Å². The number of anilines is 1. The van der Waals surface area contributed by atoms with Crippen LogP contribution in [0, 0.1) is 17.0 Å². The molecule has 0 aliphatic rings. The van der Waals surface area contributed by atoms with Crippen LogP contribution in [0.1, 0.15) is 21.6 Å². The molecule has 2 heterocycles. The Morgan fingerprint density at radius 3 is 2.67 bits per heavy atom. The number of aromatic nitrogens is 3. The van der Waals surface area contributed by atoms with Crippen molar-refractivity contribution in [3.8, 4) is 0 Å². The molecule has 2 aromatic heterocycles. The molecule has 0 saturated heterocycles. The lowest BCUT2D eigenvalue weighted by Gasteiger charge is -2.07. The van der Waals surface area contributed by atoms with E-state index in [0.717, 1.165) is 22.5 Å². The van der Waals surface area contributed by atoms with Crippen molar-refractivity contribution >= 4 is 38.3 Å². The van der Waals surface area contributed by atoms with E-state index in [1.54, 1.807) is 0 Å². The number of amides is 1. The largest absolute Gasteiger partial charge is 0.296 e. The predicted molar refractivity (Wildman–Crippen MR) is 113 cm³/mol. The van der Waals surface area contributed by atoms with Crippen LogP contribution in [0.4, 0.5) is 10.8 Å². The van der Waals surface area contributed by atoms with E-state index in [-0.39, 0.29) is 28.6 Å². The summed E-state index contributed by atoms with van der Waals surface area (Å²) in [5, 5.41) is 18.0. The third-order valence-electron chi connectivity index (χ3n) is 4.36. The van der Waals surface area contributed by atoms with Gasteiger partial charge in [-0.15, -0.1) is 0 Å². The zero-order valence-corrected chi connectivity index (χ0v) is 16.5. The fourth-order valence-electron chi connectivity index (χ4n) is 2.79. The van der Waals surface area contributed by atoms with Crippen molar-refractivity contribution in [3.63, 3.8) is 0 Å². The smallest absolute Gasteiger partial charge is 0.277 e. The molecule has 9 nitrogen and oxygen atoms in total. The van der Waals surface area contributed by atoms with Crippen molar-refractivity contribution in [2.45, 2.75) is 13.5 Å². The number of carbonyl (C=O) groups is 1. The number of nitrogens with zero attached hydrogens (tertiary/aromatic N) is 4. The van der Waals surface area contributed by atoms with Crippen molar-refractivity contribution in [1.29, 1.82) is 0 Å². The van der Waals surface area contributed by atoms with Gasteiger partial charge in [0.15, 0.2) is 5.13 Å². The molecular weight excluding hydrogens is 406 g/mol. The molecule has 0 atom stereocenters. The van der Waals surface area contributed by atoms with Gasteiger partial charge in [-0.2, -0.15) is 5.10 Å². The Kier molecular flexibility index (Phi) is 5.07. The Balaban J connectivity index is 1.56. The summed E-state index contributed by atoms with van der Waals surface area (Å²) in [4.78, 5) is 39.4. The number of nitrogens with one attached hydrogen (secondary N) is 1. The van der Waals surface area contributed by atoms with Crippen LogP contribution in [0.15, 0.2) is 59.4 Å². The maximum absolute atomic E-state index is 12.6. The molecule has 0 bridgehead atoms. The van der Waals surface area contributed by atoms with E-state index in [4.69, 9.17) is 0 Å². The standard InChI is InChI=1S/C20H15N5O4S/c1-12-2-4-13(5-3-12)11-24-18(26)9-8-16(23-24)19(27)22-20-21-15-7-6-14(25(28)29)10-17(15)30-20/h2-10H,11H2,1H3,(H,21,22,27). The van der Waals surface area contributed by atoms with Gasteiger partial charge < -0.3 is 0 Å². The number of nitro groups is 1. The average Bonchev–Trinajstić information content (AvgIpc) is 3.12. The topological polar surface area (TPSA) is 120 Å². The van der Waals surface area contributed by atoms with Crippen molar-refractivity contribution < 1.29 is 9.72 Å². The highest BCUT2D eigenvalue weighted by atomic mass is 32.1. The molecule has 0 radical (unpaired) electrons. The van der Waals surface area contributed by atoms with Crippen LogP contribution in [0.25, 0.3) is 10.2 Å². The normalized spacial score (nSPS) is 10.8. The first-order chi connectivity index (χ1) is 14.4. The lowest BCUT2D eigenvalue weighted by molar-refractivity contribution is -0.384. The van der Waals surface area contributed by atoms with Crippen LogP contribution in [-0.4, -0.2) is 25.6 Å². The van der Waals surface area contributed by atoms with Gasteiger partial charge in [-0.3, -0.25) is 25.0 Å². The summed E-state index contributed by atoms with van der Waals surface area (Å²) in [5.74, 6) is -0.527. The van der Waals surface area contributed by atoms with Crippen LogP contribution in [0.2, 0.25) is 0 Å². The highest BCUT2D eigenvalue weighted by Crippen LogP contribution is 2.29. The molecular formula is C20H15N5O4S. The van der Waals surface area contributed by atoms with Gasteiger partial charge >= 0.3 is 0 Å². The van der Waals surface area contributed by atoms with Crippen LogP contribution < -0.4 is 10.9 Å². The van der Waals surface area contributed by atoms with Gasteiger partial charge in [0.05, 0.1) is 21.7 Å². The van der Waals surface area contributed by atoms with Gasteiger partial charge in [-0.05, 0) is 24.6 Å². The molecule has 1 N–H and O–H groups in total. The molecule has 2 aromatic carbocycles. The number of benzene rings is 2. The van der Waals surface area contributed by atoms with Crippen LogP contribution >= 0.6 is 11.3 Å². The zero-order valence-electron chi connectivity index (χ0n) is 15.7. The van der Waals surface area contributed by atoms with Gasteiger partial charge in [-0.1, -0.05) is 41.2 Å². The molecule has 0 aliphatic heterocycles. The molecule has 0 aliphatic carbocycles. The van der Waals surface area contributed by atoms with Gasteiger partial charge in [0.25, 0.3) is 17.2 Å². The minimum absolute atomic E-state index is 0.0473. The average molecular weight is 421 g/mol.